The molecule has 0 radical (unpaired) electrons. The lowest BCUT2D eigenvalue weighted by atomic mass is 9.74. The zero-order valence-corrected chi connectivity index (χ0v) is 22.3. The minimum atomic E-state index is -0.468. The molecule has 1 aromatic carbocycles. The monoisotopic (exact) mass is 509 g/mol. The Bertz CT molecular complexity index is 794. The van der Waals surface area contributed by atoms with E-state index in [9.17, 15) is 9.59 Å². The lowest BCUT2D eigenvalue weighted by Crippen LogP contribution is -2.41. The number of carbonyl (C=O) groups is 2. The normalized spacial score (nSPS) is 20.9. The zero-order valence-electron chi connectivity index (χ0n) is 20.7. The van der Waals surface area contributed by atoms with Crippen molar-refractivity contribution in [1.29, 1.82) is 0 Å². The van der Waals surface area contributed by atoms with Gasteiger partial charge in [-0.3, -0.25) is 0 Å². The van der Waals surface area contributed by atoms with Crippen LogP contribution in [0, 0.1) is 18.8 Å². The Labute approximate surface area is 202 Å². The van der Waals surface area contributed by atoms with Crippen LogP contribution in [0.3, 0.4) is 0 Å². The van der Waals surface area contributed by atoms with Crippen LogP contribution in [0.5, 0.6) is 0 Å². The van der Waals surface area contributed by atoms with Gasteiger partial charge in [-0.25, -0.2) is 9.59 Å². The fraction of sp³-hybridized carbons (Fsp3) is 0.692. The first-order valence-electron chi connectivity index (χ1n) is 11.8. The minimum Gasteiger partial charge on any atom is -0.465 e. The Hall–Kier alpha value is -1.56. The van der Waals surface area contributed by atoms with E-state index in [1.54, 1.807) is 0 Å². The van der Waals surface area contributed by atoms with Crippen LogP contribution >= 0.6 is 15.9 Å². The summed E-state index contributed by atoms with van der Waals surface area (Å²) in [7, 11) is 1.43. The molecule has 2 atom stereocenters. The minimum absolute atomic E-state index is 0.202. The van der Waals surface area contributed by atoms with Crippen molar-refractivity contribution < 1.29 is 19.1 Å². The van der Waals surface area contributed by atoms with Crippen molar-refractivity contribution in [2.24, 2.45) is 11.8 Å². The summed E-state index contributed by atoms with van der Waals surface area (Å²) in [6.07, 6.45) is 6.18. The van der Waals surface area contributed by atoms with Crippen molar-refractivity contribution in [3.63, 3.8) is 0 Å². The number of esters is 1. The van der Waals surface area contributed by atoms with Gasteiger partial charge in [0.2, 0.25) is 0 Å². The summed E-state index contributed by atoms with van der Waals surface area (Å²) in [5.41, 5.74) is 2.39. The molecule has 1 aliphatic carbocycles. The molecule has 1 aliphatic rings. The van der Waals surface area contributed by atoms with E-state index in [-0.39, 0.29) is 18.1 Å². The van der Waals surface area contributed by atoms with Crippen LogP contribution in [0.1, 0.15) is 101 Å². The number of ether oxygens (including phenoxy) is 2. The Morgan fingerprint density at radius 2 is 1.81 bits per heavy atom. The molecule has 0 aliphatic heterocycles. The molecule has 0 saturated heterocycles. The molecule has 6 heteroatoms. The number of benzene rings is 1. The summed E-state index contributed by atoms with van der Waals surface area (Å²) >= 11 is 3.57. The van der Waals surface area contributed by atoms with Crippen LogP contribution in [-0.4, -0.2) is 30.8 Å². The molecule has 1 saturated carbocycles. The van der Waals surface area contributed by atoms with Gasteiger partial charge in [0.1, 0.15) is 5.60 Å². The molecule has 0 spiro atoms. The third-order valence-electron chi connectivity index (χ3n) is 6.74. The van der Waals surface area contributed by atoms with E-state index in [2.05, 4.69) is 41.2 Å². The van der Waals surface area contributed by atoms with Crippen molar-refractivity contribution in [3.8, 4) is 0 Å². The Kier molecular flexibility index (Phi) is 9.62. The van der Waals surface area contributed by atoms with E-state index in [4.69, 9.17) is 9.47 Å². The molecule has 2 unspecified atom stereocenters. The maximum Gasteiger partial charge on any atom is 0.407 e. The highest BCUT2D eigenvalue weighted by Crippen LogP contribution is 2.39. The third kappa shape index (κ3) is 7.50. The summed E-state index contributed by atoms with van der Waals surface area (Å²) in [4.78, 5) is 24.3. The third-order valence-corrected chi connectivity index (χ3v) is 7.20. The predicted molar refractivity (Wildman–Crippen MR) is 132 cm³/mol. The highest BCUT2D eigenvalue weighted by Gasteiger charge is 2.29. The second kappa shape index (κ2) is 11.5. The Morgan fingerprint density at radius 3 is 2.34 bits per heavy atom. The van der Waals surface area contributed by atoms with E-state index in [0.29, 0.717) is 23.3 Å². The highest BCUT2D eigenvalue weighted by atomic mass is 79.9. The fourth-order valence-electron chi connectivity index (χ4n) is 4.92. The van der Waals surface area contributed by atoms with Gasteiger partial charge in [0, 0.05) is 10.5 Å². The van der Waals surface area contributed by atoms with E-state index < -0.39 is 5.60 Å². The van der Waals surface area contributed by atoms with Gasteiger partial charge in [0.25, 0.3) is 0 Å². The summed E-state index contributed by atoms with van der Waals surface area (Å²) in [6, 6.07) is 4.20. The van der Waals surface area contributed by atoms with Crippen LogP contribution in [0.25, 0.3) is 0 Å². The molecule has 1 N–H and O–H groups in total. The SMILES string of the molecule is CCC(CC1CCC(NC(=O)OC(C)(C)C)CC1)C(C)c1cc(Br)cc(C(=O)OC)c1C. The quantitative estimate of drug-likeness (QED) is 0.396. The second-order valence-corrected chi connectivity index (χ2v) is 11.1. The molecule has 5 nitrogen and oxygen atoms in total. The van der Waals surface area contributed by atoms with Crippen LogP contribution in [0.2, 0.25) is 0 Å². The van der Waals surface area contributed by atoms with Crippen molar-refractivity contribution in [2.75, 3.05) is 7.11 Å². The molecule has 1 fully saturated rings. The van der Waals surface area contributed by atoms with Crippen LogP contribution in [-0.2, 0) is 9.47 Å². The van der Waals surface area contributed by atoms with Gasteiger partial charge in [-0.2, -0.15) is 0 Å². The topological polar surface area (TPSA) is 64.6 Å². The van der Waals surface area contributed by atoms with E-state index >= 15 is 0 Å². The average molecular weight is 511 g/mol. The summed E-state index contributed by atoms with van der Waals surface area (Å²) in [5.74, 6) is 1.25. The van der Waals surface area contributed by atoms with Gasteiger partial charge >= 0.3 is 12.1 Å². The molecule has 1 amide bonds. The largest absolute Gasteiger partial charge is 0.465 e. The van der Waals surface area contributed by atoms with Crippen molar-refractivity contribution in [2.45, 2.75) is 97.6 Å². The van der Waals surface area contributed by atoms with E-state index in [1.807, 2.05) is 33.8 Å². The molecular weight excluding hydrogens is 470 g/mol. The number of hydrogen-bond donors (Lipinski definition) is 1. The summed E-state index contributed by atoms with van der Waals surface area (Å²) < 4.78 is 11.3. The van der Waals surface area contributed by atoms with Gasteiger partial charge in [0.15, 0.2) is 0 Å². The van der Waals surface area contributed by atoms with Crippen molar-refractivity contribution in [3.05, 3.63) is 33.3 Å². The molecule has 32 heavy (non-hydrogen) atoms. The smallest absolute Gasteiger partial charge is 0.407 e. The van der Waals surface area contributed by atoms with Crippen LogP contribution in [0.15, 0.2) is 16.6 Å². The molecule has 0 heterocycles. The van der Waals surface area contributed by atoms with Gasteiger partial charge in [-0.05, 0) is 101 Å². The number of nitrogens with one attached hydrogen (secondary N) is 1. The maximum atomic E-state index is 12.2. The lowest BCUT2D eigenvalue weighted by molar-refractivity contribution is 0.0484. The number of alkyl carbamates (subject to hydrolysis) is 1. The number of methoxy groups -OCH3 is 1. The first-order valence-corrected chi connectivity index (χ1v) is 12.6. The fourth-order valence-corrected chi connectivity index (χ4v) is 5.39. The molecule has 0 aromatic heterocycles. The van der Waals surface area contributed by atoms with Crippen LogP contribution in [0.4, 0.5) is 4.79 Å². The number of rotatable bonds is 7. The summed E-state index contributed by atoms with van der Waals surface area (Å²) in [6.45, 7) is 12.2. The van der Waals surface area contributed by atoms with E-state index in [1.165, 1.54) is 12.7 Å². The first-order chi connectivity index (χ1) is 14.9. The Balaban J connectivity index is 1.99. The highest BCUT2D eigenvalue weighted by molar-refractivity contribution is 9.10. The molecular formula is C26H40BrNO4. The van der Waals surface area contributed by atoms with Crippen molar-refractivity contribution >= 4 is 28.0 Å². The van der Waals surface area contributed by atoms with Gasteiger partial charge in [-0.15, -0.1) is 0 Å². The molecule has 0 bridgehead atoms. The average Bonchev–Trinajstić information content (AvgIpc) is 2.72. The molecule has 2 rings (SSSR count). The van der Waals surface area contributed by atoms with Gasteiger partial charge < -0.3 is 14.8 Å². The zero-order chi connectivity index (χ0) is 24.1. The molecule has 180 valence electrons. The summed E-state index contributed by atoms with van der Waals surface area (Å²) in [5, 5.41) is 3.04. The lowest BCUT2D eigenvalue weighted by Gasteiger charge is -2.34. The number of carbonyl (C=O) groups excluding carboxylic acids is 2. The standard InChI is InChI=1S/C26H40BrNO4/c1-8-19(16(2)22-14-20(27)15-23(17(22)3)24(29)31-7)13-18-9-11-21(12-10-18)28-25(30)32-26(4,5)6/h14-16,18-19,21H,8-13H2,1-7H3,(H,28,30). The van der Waals surface area contributed by atoms with E-state index in [0.717, 1.165) is 48.6 Å². The predicted octanol–water partition coefficient (Wildman–Crippen LogP) is 7.15. The van der Waals surface area contributed by atoms with Crippen LogP contribution < -0.4 is 5.32 Å². The Morgan fingerprint density at radius 1 is 1.19 bits per heavy atom. The number of hydrogen-bond acceptors (Lipinski definition) is 4. The van der Waals surface area contributed by atoms with Crippen molar-refractivity contribution in [1.82, 2.24) is 5.32 Å². The molecule has 1 aromatic rings. The first kappa shape index (κ1) is 26.7. The maximum absolute atomic E-state index is 12.2. The van der Waals surface area contributed by atoms with Gasteiger partial charge in [-0.1, -0.05) is 36.2 Å². The second-order valence-electron chi connectivity index (χ2n) is 10.2. The number of halogens is 1. The van der Waals surface area contributed by atoms with Gasteiger partial charge in [0.05, 0.1) is 12.7 Å². The number of amides is 1.